The van der Waals surface area contributed by atoms with Crippen LogP contribution in [0.3, 0.4) is 0 Å². The van der Waals surface area contributed by atoms with Gasteiger partial charge in [0.2, 0.25) is 0 Å². The lowest BCUT2D eigenvalue weighted by atomic mass is 9.82. The van der Waals surface area contributed by atoms with E-state index in [9.17, 15) is 0 Å². The molecule has 0 aliphatic heterocycles. The highest BCUT2D eigenvalue weighted by Gasteiger charge is 2.34. The maximum absolute atomic E-state index is 16.4. The molecule has 2 heteroatoms. The number of fused-ring (bicyclic) bond motifs is 15. The number of hydrogen-bond acceptors (Lipinski definition) is 0. The molecule has 0 amide bonds. The predicted octanol–water partition coefficient (Wildman–Crippen LogP) is 19.9. The Labute approximate surface area is 405 Å². The largest absolute Gasteiger partial charge is 0.206 e. The molecule has 0 aromatic heterocycles. The fourth-order valence-corrected chi connectivity index (χ4v) is 14.0. The van der Waals surface area contributed by atoms with Gasteiger partial charge in [0.1, 0.15) is 11.6 Å². The number of benzene rings is 14. The lowest BCUT2D eigenvalue weighted by molar-refractivity contribution is 0.631. The first kappa shape index (κ1) is 37.9. The van der Waals surface area contributed by atoms with E-state index in [1.54, 1.807) is 24.3 Å². The van der Waals surface area contributed by atoms with E-state index in [2.05, 4.69) is 146 Å². The molecule has 0 fully saturated rings. The Morgan fingerprint density at radius 2 is 0.606 bits per heavy atom. The minimum absolute atomic E-state index is 0.284. The van der Waals surface area contributed by atoms with Crippen molar-refractivity contribution in [3.63, 3.8) is 0 Å². The maximum Gasteiger partial charge on any atom is 0.131 e. The zero-order valence-corrected chi connectivity index (χ0v) is 38.3. The number of halogens is 2. The molecule has 0 heterocycles. The van der Waals surface area contributed by atoms with Crippen LogP contribution in [0.25, 0.3) is 174 Å². The molecule has 0 atom stereocenters. The summed E-state index contributed by atoms with van der Waals surface area (Å²) < 4.78 is 32.8. The molecule has 326 valence electrons. The summed E-state index contributed by atoms with van der Waals surface area (Å²) in [6.07, 6.45) is 0. The van der Waals surface area contributed by atoms with Crippen molar-refractivity contribution < 1.29 is 8.78 Å². The summed E-state index contributed by atoms with van der Waals surface area (Å²) in [5, 5.41) is 27.0. The fraction of sp³-hybridized carbons (Fsp3) is 0.0145. The zero-order chi connectivity index (χ0) is 46.5. The first-order chi connectivity index (χ1) is 35.0. The molecule has 0 bridgehead atoms. The highest BCUT2D eigenvalue weighted by Crippen LogP contribution is 2.61. The summed E-state index contributed by atoms with van der Waals surface area (Å²) in [5.74, 6) is -0.569. The highest BCUT2D eigenvalue weighted by molar-refractivity contribution is 6.53. The average Bonchev–Trinajstić information content (AvgIpc) is 4.06. The molecular weight excluding hydrogens is 867 g/mol. The molecule has 0 spiro atoms. The van der Waals surface area contributed by atoms with Gasteiger partial charge in [0.05, 0.1) is 0 Å². The van der Waals surface area contributed by atoms with Crippen molar-refractivity contribution in [1.82, 2.24) is 0 Å². The van der Waals surface area contributed by atoms with Crippen molar-refractivity contribution in [2.45, 2.75) is 6.92 Å². The van der Waals surface area contributed by atoms with Crippen LogP contribution in [0.4, 0.5) is 8.78 Å². The minimum atomic E-state index is -0.284. The Kier molecular flexibility index (Phi) is 7.06. The summed E-state index contributed by atoms with van der Waals surface area (Å²) in [5.41, 5.74) is 10.5. The Bertz CT molecular complexity index is 4930. The van der Waals surface area contributed by atoms with Gasteiger partial charge in [0.25, 0.3) is 0 Å². The van der Waals surface area contributed by atoms with Gasteiger partial charge in [-0.25, -0.2) is 8.78 Å². The second-order valence-corrected chi connectivity index (χ2v) is 19.9. The van der Waals surface area contributed by atoms with E-state index in [1.165, 1.54) is 119 Å². The quantitative estimate of drug-likeness (QED) is 0.122. The Balaban J connectivity index is 1.06. The van der Waals surface area contributed by atoms with Crippen LogP contribution in [0.15, 0.2) is 200 Å². The van der Waals surface area contributed by atoms with E-state index in [0.717, 1.165) is 49.5 Å². The molecule has 1 aliphatic rings. The summed E-state index contributed by atoms with van der Waals surface area (Å²) in [7, 11) is 0. The summed E-state index contributed by atoms with van der Waals surface area (Å²) in [6.45, 7) is 2.25. The van der Waals surface area contributed by atoms with Gasteiger partial charge in [-0.3, -0.25) is 0 Å². The predicted molar refractivity (Wildman–Crippen MR) is 298 cm³/mol. The van der Waals surface area contributed by atoms with Crippen LogP contribution in [0, 0.1) is 18.6 Å². The summed E-state index contributed by atoms with van der Waals surface area (Å²) in [6, 6.07) is 70.3. The molecule has 17 rings (SSSR count). The number of rotatable bonds is 3. The second kappa shape index (κ2) is 13.2. The van der Waals surface area contributed by atoms with Gasteiger partial charge in [0, 0.05) is 22.3 Å². The standard InChI is InChI=1S/C69H36F2/c1-35-14-2-4-16-37(35)56-53-34-36-15-3-5-17-38(36)57-41-20-8-9-21-42(41)64(69(53)57)68-52-33-29-46-44-28-32-51-62-50(31-27-43(58(44)62)45-26-30-49(65(56)68)63(52)59(45)46)66-60(47-22-10-12-24-54(47)70)39-18-6-7-19-40(39)61(67(51)66)48-23-11-13-25-55(48)71/h2-34H,1H3. The number of hydrogen-bond donors (Lipinski definition) is 0. The van der Waals surface area contributed by atoms with Gasteiger partial charge in [-0.1, -0.05) is 182 Å². The molecule has 0 saturated carbocycles. The smallest absolute Gasteiger partial charge is 0.131 e. The molecule has 0 saturated heterocycles. The molecular formula is C69H36F2. The molecule has 0 radical (unpaired) electrons. The SMILES string of the molecule is Cc1ccccc1-c1c2cc3ccccc3c3c4ccccc4c(c4c5ccc6c7ccc8c9c(ccc(c%10ccc(c14)c5c%106)c97)-c1c-8c(-c4ccccc4F)c4ccccc4c1-c1ccccc1F)c23. The Morgan fingerprint density at radius 1 is 0.225 bits per heavy atom. The van der Waals surface area contributed by atoms with Gasteiger partial charge < -0.3 is 0 Å². The van der Waals surface area contributed by atoms with E-state index in [-0.39, 0.29) is 11.6 Å². The molecule has 0 nitrogen and oxygen atoms in total. The van der Waals surface area contributed by atoms with Crippen molar-refractivity contribution in [2.24, 2.45) is 0 Å². The minimum Gasteiger partial charge on any atom is -0.206 e. The Hall–Kier alpha value is -8.98. The topological polar surface area (TPSA) is 0 Å². The number of aryl methyl sites for hydroxylation is 1. The van der Waals surface area contributed by atoms with E-state index in [1.807, 2.05) is 36.4 Å². The van der Waals surface area contributed by atoms with Crippen molar-refractivity contribution in [2.75, 3.05) is 0 Å². The maximum atomic E-state index is 16.4. The molecule has 1 aliphatic carbocycles. The first-order valence-corrected chi connectivity index (χ1v) is 24.6. The fourth-order valence-electron chi connectivity index (χ4n) is 14.0. The van der Waals surface area contributed by atoms with Crippen LogP contribution in [0.2, 0.25) is 0 Å². The third-order valence-electron chi connectivity index (χ3n) is 16.7. The average molecular weight is 903 g/mol. The van der Waals surface area contributed by atoms with Gasteiger partial charge >= 0.3 is 0 Å². The van der Waals surface area contributed by atoms with Crippen molar-refractivity contribution in [1.29, 1.82) is 0 Å². The third kappa shape index (κ3) is 4.51. The van der Waals surface area contributed by atoms with Crippen LogP contribution in [0.5, 0.6) is 0 Å². The van der Waals surface area contributed by atoms with E-state index in [0.29, 0.717) is 11.1 Å². The van der Waals surface area contributed by atoms with Gasteiger partial charge in [-0.15, -0.1) is 0 Å². The molecule has 16 aromatic rings. The normalized spacial score (nSPS) is 12.7. The summed E-state index contributed by atoms with van der Waals surface area (Å²) in [4.78, 5) is 0. The highest BCUT2D eigenvalue weighted by atomic mass is 19.1. The second-order valence-electron chi connectivity index (χ2n) is 19.9. The van der Waals surface area contributed by atoms with Gasteiger partial charge in [0.15, 0.2) is 0 Å². The van der Waals surface area contributed by atoms with Crippen LogP contribution in [-0.2, 0) is 0 Å². The van der Waals surface area contributed by atoms with E-state index in [4.69, 9.17) is 0 Å². The third-order valence-corrected chi connectivity index (χ3v) is 16.7. The van der Waals surface area contributed by atoms with Gasteiger partial charge in [-0.2, -0.15) is 0 Å². The van der Waals surface area contributed by atoms with E-state index < -0.39 is 0 Å². The lowest BCUT2D eigenvalue weighted by Crippen LogP contribution is -1.96. The van der Waals surface area contributed by atoms with Gasteiger partial charge in [-0.05, 0) is 183 Å². The molecule has 0 N–H and O–H groups in total. The Morgan fingerprint density at radius 3 is 1.20 bits per heavy atom. The molecule has 16 aromatic carbocycles. The molecule has 0 unspecified atom stereocenters. The van der Waals surface area contributed by atoms with Crippen molar-refractivity contribution in [3.05, 3.63) is 217 Å². The first-order valence-electron chi connectivity index (χ1n) is 24.6. The lowest BCUT2D eigenvalue weighted by Gasteiger charge is -2.21. The molecule has 71 heavy (non-hydrogen) atoms. The van der Waals surface area contributed by atoms with E-state index >= 15 is 8.78 Å². The van der Waals surface area contributed by atoms with Crippen molar-refractivity contribution >= 4 is 118 Å². The van der Waals surface area contributed by atoms with Crippen molar-refractivity contribution in [3.8, 4) is 55.6 Å². The van der Waals surface area contributed by atoms with Crippen LogP contribution >= 0.6 is 0 Å². The summed E-state index contributed by atoms with van der Waals surface area (Å²) >= 11 is 0. The van der Waals surface area contributed by atoms with Crippen LogP contribution in [-0.4, -0.2) is 0 Å². The van der Waals surface area contributed by atoms with Crippen LogP contribution < -0.4 is 0 Å². The zero-order valence-electron chi connectivity index (χ0n) is 38.3. The monoisotopic (exact) mass is 902 g/mol. The van der Waals surface area contributed by atoms with Crippen LogP contribution in [0.1, 0.15) is 5.56 Å².